The lowest BCUT2D eigenvalue weighted by Gasteiger charge is -2.25. The van der Waals surface area contributed by atoms with E-state index in [1.54, 1.807) is 6.20 Å². The van der Waals surface area contributed by atoms with Crippen molar-refractivity contribution < 1.29 is 4.79 Å². The molecule has 1 atom stereocenters. The van der Waals surface area contributed by atoms with Crippen LogP contribution in [-0.2, 0) is 6.54 Å². The first-order valence-corrected chi connectivity index (χ1v) is 13.3. The number of likely N-dealkylation sites (tertiary alicyclic amines) is 1. The van der Waals surface area contributed by atoms with E-state index in [0.29, 0.717) is 22.4 Å². The molecule has 2 saturated heterocycles. The monoisotopic (exact) mass is 503 g/mol. The van der Waals surface area contributed by atoms with Gasteiger partial charge in [0.15, 0.2) is 0 Å². The molecule has 0 aliphatic carbocycles. The number of carbonyl (C=O) groups excluding carboxylic acids is 1. The van der Waals surface area contributed by atoms with Crippen LogP contribution in [0, 0.1) is 5.41 Å². The molecule has 0 bridgehead atoms. The van der Waals surface area contributed by atoms with Gasteiger partial charge in [0.1, 0.15) is 5.82 Å². The van der Waals surface area contributed by atoms with Gasteiger partial charge in [-0.3, -0.25) is 9.69 Å². The van der Waals surface area contributed by atoms with Gasteiger partial charge in [-0.2, -0.15) is 0 Å². The van der Waals surface area contributed by atoms with Gasteiger partial charge >= 0.3 is 0 Å². The minimum atomic E-state index is -0.216. The van der Waals surface area contributed by atoms with Crippen LogP contribution in [0.1, 0.15) is 28.8 Å². The highest BCUT2D eigenvalue weighted by Gasteiger charge is 2.43. The summed E-state index contributed by atoms with van der Waals surface area (Å²) in [5.41, 5.74) is 11.6. The Morgan fingerprint density at radius 3 is 2.39 bits per heavy atom. The minimum absolute atomic E-state index is 0.216. The van der Waals surface area contributed by atoms with Crippen molar-refractivity contribution in [2.24, 2.45) is 5.41 Å². The van der Waals surface area contributed by atoms with Crippen LogP contribution in [0.15, 0.2) is 97.2 Å². The van der Waals surface area contributed by atoms with Crippen LogP contribution in [-0.4, -0.2) is 42.0 Å². The molecule has 6 rings (SSSR count). The van der Waals surface area contributed by atoms with E-state index in [4.69, 9.17) is 5.73 Å². The Morgan fingerprint density at radius 1 is 0.868 bits per heavy atom. The highest BCUT2D eigenvalue weighted by molar-refractivity contribution is 6.06. The maximum absolute atomic E-state index is 13.0. The van der Waals surface area contributed by atoms with Crippen molar-refractivity contribution in [3.05, 3.63) is 108 Å². The molecule has 3 aromatic carbocycles. The first-order chi connectivity index (χ1) is 18.6. The quantitative estimate of drug-likeness (QED) is 0.331. The third-order valence-electron chi connectivity index (χ3n) is 7.95. The molecule has 6 heteroatoms. The van der Waals surface area contributed by atoms with E-state index >= 15 is 0 Å². The van der Waals surface area contributed by atoms with Crippen molar-refractivity contribution >= 4 is 23.1 Å². The van der Waals surface area contributed by atoms with Gasteiger partial charge in [-0.05, 0) is 60.3 Å². The number of pyridine rings is 1. The average molecular weight is 504 g/mol. The molecule has 1 unspecified atom stereocenters. The number of nitrogens with one attached hydrogen (secondary N) is 1. The molecule has 0 saturated carbocycles. The summed E-state index contributed by atoms with van der Waals surface area (Å²) in [6.07, 6.45) is 4.07. The van der Waals surface area contributed by atoms with Gasteiger partial charge in [-0.25, -0.2) is 4.98 Å². The summed E-state index contributed by atoms with van der Waals surface area (Å²) in [5, 5.41) is 2.97. The normalized spacial score (nSPS) is 19.2. The summed E-state index contributed by atoms with van der Waals surface area (Å²) < 4.78 is 0. The molecule has 192 valence electrons. The lowest BCUT2D eigenvalue weighted by Crippen LogP contribution is -2.31. The zero-order chi connectivity index (χ0) is 26.0. The van der Waals surface area contributed by atoms with Gasteiger partial charge in [-0.1, -0.05) is 66.7 Å². The molecule has 2 aliphatic heterocycles. The number of nitrogen functional groups attached to an aromatic ring is 1. The maximum Gasteiger partial charge on any atom is 0.257 e. The Balaban J connectivity index is 1.08. The molecular formula is C32H33N5O. The number of nitrogens with two attached hydrogens (primary N) is 1. The van der Waals surface area contributed by atoms with E-state index in [1.807, 2.05) is 60.7 Å². The highest BCUT2D eigenvalue weighted by atomic mass is 16.1. The number of hydrogen-bond donors (Lipinski definition) is 2. The lowest BCUT2D eigenvalue weighted by atomic mass is 9.86. The third-order valence-corrected chi connectivity index (χ3v) is 7.95. The molecule has 3 N–H and O–H groups in total. The number of nitrogens with zero attached hydrogens (tertiary/aromatic N) is 3. The first kappa shape index (κ1) is 24.2. The van der Waals surface area contributed by atoms with E-state index < -0.39 is 0 Å². The topological polar surface area (TPSA) is 74.5 Å². The van der Waals surface area contributed by atoms with Crippen LogP contribution in [0.25, 0.3) is 11.1 Å². The fraction of sp³-hybridized carbons (Fsp3) is 0.250. The van der Waals surface area contributed by atoms with E-state index in [1.165, 1.54) is 18.4 Å². The summed E-state index contributed by atoms with van der Waals surface area (Å²) in [4.78, 5) is 22.6. The van der Waals surface area contributed by atoms with E-state index in [9.17, 15) is 4.79 Å². The predicted molar refractivity (Wildman–Crippen MR) is 154 cm³/mol. The first-order valence-electron chi connectivity index (χ1n) is 13.3. The average Bonchev–Trinajstić information content (AvgIpc) is 3.56. The smallest absolute Gasteiger partial charge is 0.257 e. The third kappa shape index (κ3) is 5.13. The van der Waals surface area contributed by atoms with Crippen LogP contribution in [0.3, 0.4) is 0 Å². The molecule has 1 amide bonds. The fourth-order valence-electron chi connectivity index (χ4n) is 5.84. The molecule has 2 aliphatic rings. The van der Waals surface area contributed by atoms with Crippen LogP contribution < -0.4 is 16.0 Å². The zero-order valence-electron chi connectivity index (χ0n) is 21.5. The summed E-state index contributed by atoms with van der Waals surface area (Å²) in [6, 6.07) is 30.3. The standard InChI is InChI=1S/C32H33N5O/c33-28-13-11-26(25-9-5-2-6-10-25)19-29(28)35-31(38)27-12-14-30(34-20-27)37-18-16-32(23-37)15-17-36(22-32)21-24-7-3-1-4-8-24/h1-14,19-20H,15-18,21-23,33H2,(H,35,38). The summed E-state index contributed by atoms with van der Waals surface area (Å²) in [7, 11) is 0. The van der Waals surface area contributed by atoms with Gasteiger partial charge in [-0.15, -0.1) is 0 Å². The Hall–Kier alpha value is -4.16. The van der Waals surface area contributed by atoms with Gasteiger partial charge < -0.3 is 16.0 Å². The van der Waals surface area contributed by atoms with Crippen molar-refractivity contribution in [1.29, 1.82) is 0 Å². The molecule has 4 aromatic rings. The van der Waals surface area contributed by atoms with Gasteiger partial charge in [0, 0.05) is 37.8 Å². The number of amides is 1. The van der Waals surface area contributed by atoms with E-state index in [2.05, 4.69) is 50.4 Å². The Labute approximate surface area is 224 Å². The Bertz CT molecular complexity index is 1410. The minimum Gasteiger partial charge on any atom is -0.397 e. The van der Waals surface area contributed by atoms with Gasteiger partial charge in [0.2, 0.25) is 0 Å². The molecule has 0 radical (unpaired) electrons. The Kier molecular flexibility index (Phi) is 6.56. The maximum atomic E-state index is 13.0. The summed E-state index contributed by atoms with van der Waals surface area (Å²) in [6.45, 7) is 5.30. The molecular weight excluding hydrogens is 470 g/mol. The number of carbonyl (C=O) groups is 1. The predicted octanol–water partition coefficient (Wildman–Crippen LogP) is 5.69. The molecule has 38 heavy (non-hydrogen) atoms. The van der Waals surface area contributed by atoms with E-state index in [-0.39, 0.29) is 5.91 Å². The summed E-state index contributed by atoms with van der Waals surface area (Å²) >= 11 is 0. The van der Waals surface area contributed by atoms with Crippen molar-refractivity contribution in [1.82, 2.24) is 9.88 Å². The number of aromatic nitrogens is 1. The van der Waals surface area contributed by atoms with E-state index in [0.717, 1.165) is 49.7 Å². The SMILES string of the molecule is Nc1ccc(-c2ccccc2)cc1NC(=O)c1ccc(N2CCC3(CCN(Cc4ccccc4)C3)C2)nc1. The highest BCUT2D eigenvalue weighted by Crippen LogP contribution is 2.41. The number of rotatable bonds is 6. The van der Waals surface area contributed by atoms with Crippen LogP contribution in [0.4, 0.5) is 17.2 Å². The van der Waals surface area contributed by atoms with Crippen molar-refractivity contribution in [3.63, 3.8) is 0 Å². The van der Waals surface area contributed by atoms with Gasteiger partial charge in [0.05, 0.1) is 16.9 Å². The fourth-order valence-corrected chi connectivity index (χ4v) is 5.84. The second-order valence-electron chi connectivity index (χ2n) is 10.6. The Morgan fingerprint density at radius 2 is 1.63 bits per heavy atom. The van der Waals surface area contributed by atoms with Crippen LogP contribution >= 0.6 is 0 Å². The number of hydrogen-bond acceptors (Lipinski definition) is 5. The largest absolute Gasteiger partial charge is 0.397 e. The van der Waals surface area contributed by atoms with Gasteiger partial charge in [0.25, 0.3) is 5.91 Å². The zero-order valence-corrected chi connectivity index (χ0v) is 21.5. The number of benzene rings is 3. The van der Waals surface area contributed by atoms with Crippen molar-refractivity contribution in [2.75, 3.05) is 42.1 Å². The molecule has 3 heterocycles. The summed E-state index contributed by atoms with van der Waals surface area (Å²) in [5.74, 6) is 0.719. The molecule has 1 spiro atoms. The number of anilines is 3. The lowest BCUT2D eigenvalue weighted by molar-refractivity contribution is 0.102. The second-order valence-corrected chi connectivity index (χ2v) is 10.6. The van der Waals surface area contributed by atoms with Crippen LogP contribution in [0.2, 0.25) is 0 Å². The molecule has 1 aromatic heterocycles. The van der Waals surface area contributed by atoms with Crippen molar-refractivity contribution in [3.8, 4) is 11.1 Å². The second kappa shape index (κ2) is 10.3. The van der Waals surface area contributed by atoms with Crippen molar-refractivity contribution in [2.45, 2.75) is 19.4 Å². The molecule has 6 nitrogen and oxygen atoms in total. The molecule has 2 fully saturated rings. The van der Waals surface area contributed by atoms with Crippen LogP contribution in [0.5, 0.6) is 0 Å².